The second-order valence-electron chi connectivity index (χ2n) is 24.1. The molecule has 0 radical (unpaired) electrons. The zero-order chi connectivity index (χ0) is 54.2. The second-order valence-corrected chi connectivity index (χ2v) is 24.1. The third-order valence-corrected chi connectivity index (χ3v) is 15.0. The maximum Gasteiger partial charge on any atom is 0.361 e. The van der Waals surface area contributed by atoms with Gasteiger partial charge >= 0.3 is 23.9 Å². The molecule has 18 heteroatoms. The Bertz CT molecular complexity index is 2990. The van der Waals surface area contributed by atoms with E-state index in [1.165, 1.54) is 37.8 Å². The molecule has 2 aromatic carbocycles. The highest BCUT2D eigenvalue weighted by atomic mass is 16.5. The summed E-state index contributed by atoms with van der Waals surface area (Å²) in [6.07, 6.45) is 4.75. The number of rotatable bonds is 6. The molecule has 0 saturated heterocycles. The molecule has 0 fully saturated rings. The number of esters is 4. The molecule has 2 aliphatic carbocycles. The molecule has 6 atom stereocenters. The molecule has 5 aliphatic rings. The normalized spacial score (nSPS) is 24.0. The Balaban J connectivity index is 1.49. The summed E-state index contributed by atoms with van der Waals surface area (Å²) >= 11 is 0. The van der Waals surface area contributed by atoms with Gasteiger partial charge < -0.3 is 38.6 Å². The number of allylic oxidation sites excluding steroid dienone is 4. The molecule has 9 rings (SSSR count). The highest BCUT2D eigenvalue weighted by molar-refractivity contribution is 6.01. The molecule has 0 amide bonds. The molecule has 74 heavy (non-hydrogen) atoms. The zero-order valence-electron chi connectivity index (χ0n) is 45.0. The molecule has 0 saturated carbocycles. The summed E-state index contributed by atoms with van der Waals surface area (Å²) in [5, 5.41) is 44.9. The van der Waals surface area contributed by atoms with Crippen molar-refractivity contribution in [3.05, 3.63) is 127 Å². The van der Waals surface area contributed by atoms with Crippen molar-refractivity contribution < 1.29 is 57.8 Å². The maximum atomic E-state index is 14.2. The fraction of sp³-hybridized carbons (Fsp3) is 0.500. The average molecular weight is 1020 g/mol. The van der Waals surface area contributed by atoms with Crippen molar-refractivity contribution >= 4 is 23.9 Å². The van der Waals surface area contributed by atoms with Gasteiger partial charge in [-0.05, 0) is 90.5 Å². The fourth-order valence-electron chi connectivity index (χ4n) is 10.8. The fourth-order valence-corrected chi connectivity index (χ4v) is 10.8. The number of ether oxygens (including phenoxy) is 6. The highest BCUT2D eigenvalue weighted by Crippen LogP contribution is 2.57. The van der Waals surface area contributed by atoms with Gasteiger partial charge in [-0.15, -0.1) is 10.2 Å². The smallest absolute Gasteiger partial charge is 0.361 e. The van der Waals surface area contributed by atoms with E-state index in [1.54, 1.807) is 0 Å². The Hall–Kier alpha value is -6.92. The number of aromatic nitrogens is 6. The lowest BCUT2D eigenvalue weighted by Gasteiger charge is -2.43. The Labute approximate surface area is 430 Å². The van der Waals surface area contributed by atoms with Crippen LogP contribution in [-0.2, 0) is 42.6 Å². The lowest BCUT2D eigenvalue weighted by Crippen LogP contribution is -2.51. The van der Waals surface area contributed by atoms with Gasteiger partial charge in [-0.25, -0.2) is 28.5 Å². The first-order valence-electron chi connectivity index (χ1n) is 24.7. The van der Waals surface area contributed by atoms with E-state index < -0.39 is 92.4 Å². The number of hydrogen-bond acceptors (Lipinski definition) is 16. The summed E-state index contributed by atoms with van der Waals surface area (Å²) in [6.45, 7) is 24.6. The number of carbonyl (C=O) groups is 4. The van der Waals surface area contributed by atoms with Crippen LogP contribution in [0.15, 0.2) is 70.9 Å². The van der Waals surface area contributed by atoms with Crippen LogP contribution in [0.4, 0.5) is 0 Å². The van der Waals surface area contributed by atoms with Crippen LogP contribution in [0, 0.1) is 10.8 Å². The summed E-state index contributed by atoms with van der Waals surface area (Å²) in [5.74, 6) is -3.14. The molecule has 2 spiro atoms. The van der Waals surface area contributed by atoms with Crippen LogP contribution in [0.25, 0.3) is 0 Å². The Morgan fingerprint density at radius 2 is 0.878 bits per heavy atom. The van der Waals surface area contributed by atoms with Crippen LogP contribution in [0.2, 0.25) is 0 Å². The molecule has 4 unspecified atom stereocenters. The predicted molar refractivity (Wildman–Crippen MR) is 269 cm³/mol. The van der Waals surface area contributed by atoms with Crippen LogP contribution in [0.3, 0.4) is 0 Å². The summed E-state index contributed by atoms with van der Waals surface area (Å²) in [5.41, 5.74) is -0.931. The van der Waals surface area contributed by atoms with Crippen LogP contribution in [-0.4, -0.2) is 116 Å². The first-order chi connectivity index (χ1) is 34.4. The van der Waals surface area contributed by atoms with E-state index >= 15 is 0 Å². The van der Waals surface area contributed by atoms with E-state index in [4.69, 9.17) is 28.4 Å². The van der Waals surface area contributed by atoms with Gasteiger partial charge in [0.15, 0.2) is 22.6 Å². The predicted octanol–water partition coefficient (Wildman–Crippen LogP) is 7.40. The van der Waals surface area contributed by atoms with Crippen LogP contribution < -0.4 is 9.47 Å². The molecule has 2 aromatic heterocycles. The van der Waals surface area contributed by atoms with Gasteiger partial charge in [0.2, 0.25) is 11.4 Å². The minimum absolute atomic E-state index is 0.0926. The lowest BCUT2D eigenvalue weighted by atomic mass is 9.70. The number of aliphatic hydroxyl groups is 2. The summed E-state index contributed by atoms with van der Waals surface area (Å²) < 4.78 is 38.4. The van der Waals surface area contributed by atoms with Crippen LogP contribution in [0.1, 0.15) is 171 Å². The van der Waals surface area contributed by atoms with E-state index in [0.29, 0.717) is 44.9 Å². The Kier molecular flexibility index (Phi) is 12.2. The molecule has 18 nitrogen and oxygen atoms in total. The highest BCUT2D eigenvalue weighted by Gasteiger charge is 2.57. The largest absolute Gasteiger partial charge is 0.479 e. The topological polar surface area (TPSA) is 226 Å². The minimum atomic E-state index is -1.60. The first-order valence-corrected chi connectivity index (χ1v) is 24.7. The van der Waals surface area contributed by atoms with Crippen molar-refractivity contribution in [1.82, 2.24) is 30.0 Å². The molecule has 2 N–H and O–H groups in total. The standard InChI is InChI=1S/C56H66N6O12/c1-51(2,3)29-17-27-23-55-25-32(54(10,11)12)22-36(46(55)64)40(62-42(50(68)72-16)38(58-60-62)48(66)70-14)34-20-30(52(4,5)6)18-28-24-56(74-44(28)34)26-31(53(7,8)9)21-35(45(56)63)39(33(19-29)43(27)73-55)61-41(49(67)71-15)37(57-59-61)47(65)69-13/h17-22,25-26,39-40,45-46,63-64H,23-24H2,1-16H3/t39?,40?,45?,46?,55-,56+. The Morgan fingerprint density at radius 1 is 0.541 bits per heavy atom. The van der Waals surface area contributed by atoms with Gasteiger partial charge in [0.05, 0.1) is 28.4 Å². The van der Waals surface area contributed by atoms with E-state index in [9.17, 15) is 29.4 Å². The molecule has 6 bridgehead atoms. The summed E-state index contributed by atoms with van der Waals surface area (Å²) in [7, 11) is 4.70. The SMILES string of the molecule is COC(=O)c1nnn(C2C3=CC(C(C)(C)C)=C[C@@]4(Cc5cc(C(C)(C)C)cc(c5O4)C(n4nnc(C(=O)OC)c4C(=O)OC)C4=CC(C(C)(C)C)=C[C@]5(Cc6cc(C(C)(C)C)cc2c6O5)C4O)C3O)c1C(=O)OC. The van der Waals surface area contributed by atoms with Gasteiger partial charge in [0.1, 0.15) is 35.8 Å². The van der Waals surface area contributed by atoms with Crippen molar-refractivity contribution in [2.75, 3.05) is 28.4 Å². The number of benzene rings is 2. The van der Waals surface area contributed by atoms with E-state index in [0.717, 1.165) is 22.3 Å². The number of fused-ring (bicyclic) bond motifs is 2. The minimum Gasteiger partial charge on any atom is -0.479 e. The number of methoxy groups -OCH3 is 4. The van der Waals surface area contributed by atoms with Crippen LogP contribution in [0.5, 0.6) is 11.5 Å². The van der Waals surface area contributed by atoms with Gasteiger partial charge in [-0.1, -0.05) is 118 Å². The lowest BCUT2D eigenvalue weighted by molar-refractivity contribution is 0.00198. The van der Waals surface area contributed by atoms with Crippen LogP contribution >= 0.6 is 0 Å². The zero-order valence-corrected chi connectivity index (χ0v) is 45.0. The summed E-state index contributed by atoms with van der Waals surface area (Å²) in [6, 6.07) is 5.43. The van der Waals surface area contributed by atoms with Crippen molar-refractivity contribution in [2.45, 2.75) is 142 Å². The van der Waals surface area contributed by atoms with Crippen molar-refractivity contribution in [2.24, 2.45) is 10.8 Å². The van der Waals surface area contributed by atoms with Crippen molar-refractivity contribution in [3.8, 4) is 11.5 Å². The Morgan fingerprint density at radius 3 is 1.18 bits per heavy atom. The summed E-state index contributed by atoms with van der Waals surface area (Å²) in [4.78, 5) is 55.4. The maximum absolute atomic E-state index is 14.2. The van der Waals surface area contributed by atoms with Gasteiger partial charge in [0.25, 0.3) is 0 Å². The van der Waals surface area contributed by atoms with E-state index in [2.05, 4.69) is 62.2 Å². The molecule has 5 heterocycles. The van der Waals surface area contributed by atoms with Gasteiger partial charge in [-0.2, -0.15) is 0 Å². The van der Waals surface area contributed by atoms with Gasteiger partial charge in [0, 0.05) is 24.0 Å². The number of aliphatic hydroxyl groups excluding tert-OH is 2. The molecule has 392 valence electrons. The van der Waals surface area contributed by atoms with Crippen molar-refractivity contribution in [3.63, 3.8) is 0 Å². The van der Waals surface area contributed by atoms with E-state index in [1.807, 2.05) is 90.1 Å². The average Bonchev–Trinajstić information content (AvgIpc) is 4.13. The van der Waals surface area contributed by atoms with Crippen molar-refractivity contribution in [1.29, 1.82) is 0 Å². The van der Waals surface area contributed by atoms with Gasteiger partial charge in [-0.3, -0.25) is 0 Å². The third kappa shape index (κ3) is 8.15. The number of nitrogens with zero attached hydrogens (tertiary/aromatic N) is 6. The number of carbonyl (C=O) groups excluding carboxylic acids is 4. The third-order valence-electron chi connectivity index (χ3n) is 15.0. The second kappa shape index (κ2) is 17.3. The number of hydrogen-bond donors (Lipinski definition) is 2. The quantitative estimate of drug-likeness (QED) is 0.142. The van der Waals surface area contributed by atoms with E-state index in [-0.39, 0.29) is 24.2 Å². The molecule has 3 aliphatic heterocycles. The molecular weight excluding hydrogens is 949 g/mol. The molecule has 4 aromatic rings. The molecular formula is C56H66N6O12. The first kappa shape index (κ1) is 52.0. The monoisotopic (exact) mass is 1010 g/mol.